The summed E-state index contributed by atoms with van der Waals surface area (Å²) in [6.07, 6.45) is 1.55. The maximum atomic E-state index is 11.9. The molecule has 2 aromatic carbocycles. The topological polar surface area (TPSA) is 90.8 Å². The Hall–Kier alpha value is -2.99. The van der Waals surface area contributed by atoms with E-state index < -0.39 is 5.91 Å². The van der Waals surface area contributed by atoms with E-state index in [9.17, 15) is 9.59 Å². The molecule has 0 aliphatic carbocycles. The van der Waals surface area contributed by atoms with Crippen LogP contribution in [0.3, 0.4) is 0 Å². The van der Waals surface area contributed by atoms with Crippen LogP contribution in [0.2, 0.25) is 0 Å². The van der Waals surface area contributed by atoms with E-state index in [1.165, 1.54) is 29.7 Å². The van der Waals surface area contributed by atoms with Crippen molar-refractivity contribution in [3.05, 3.63) is 70.8 Å². The molecule has 0 bridgehead atoms. The van der Waals surface area contributed by atoms with Crippen LogP contribution < -0.4 is 10.9 Å². The minimum absolute atomic E-state index is 0.252. The smallest absolute Gasteiger partial charge is 0.274 e. The van der Waals surface area contributed by atoms with E-state index in [-0.39, 0.29) is 11.5 Å². The van der Waals surface area contributed by atoms with E-state index >= 15 is 0 Å². The fourth-order valence-electron chi connectivity index (χ4n) is 1.72. The molecule has 0 aliphatic rings. The Morgan fingerprint density at radius 1 is 0.955 bits per heavy atom. The molecule has 6 heteroatoms. The second kappa shape index (κ2) is 7.14. The van der Waals surface area contributed by atoms with Crippen LogP contribution >= 0.6 is 0 Å². The monoisotopic (exact) mass is 297 g/mol. The molecule has 0 spiro atoms. The third kappa shape index (κ3) is 4.00. The molecule has 0 unspecified atom stereocenters. The Morgan fingerprint density at radius 3 is 2.05 bits per heavy atom. The molecule has 2 aromatic rings. The Bertz CT molecular complexity index is 692. The molecule has 0 fully saturated rings. The number of nitrogens with zero attached hydrogens (tertiary/aromatic N) is 1. The highest BCUT2D eigenvalue weighted by Crippen LogP contribution is 2.04. The van der Waals surface area contributed by atoms with E-state index in [1.54, 1.807) is 6.21 Å². The number of hydrogen-bond acceptors (Lipinski definition) is 4. The van der Waals surface area contributed by atoms with Gasteiger partial charge in [0.1, 0.15) is 0 Å². The number of benzene rings is 2. The summed E-state index contributed by atoms with van der Waals surface area (Å²) >= 11 is 0. The lowest BCUT2D eigenvalue weighted by Gasteiger charge is -2.02. The number of aryl methyl sites for hydroxylation is 1. The molecule has 6 nitrogen and oxygen atoms in total. The van der Waals surface area contributed by atoms with Crippen molar-refractivity contribution in [2.75, 3.05) is 0 Å². The molecule has 2 rings (SSSR count). The molecule has 0 saturated heterocycles. The van der Waals surface area contributed by atoms with Crippen molar-refractivity contribution in [3.8, 4) is 0 Å². The van der Waals surface area contributed by atoms with Crippen molar-refractivity contribution in [2.45, 2.75) is 6.92 Å². The third-order valence-electron chi connectivity index (χ3n) is 2.97. The summed E-state index contributed by atoms with van der Waals surface area (Å²) in [5, 5.41) is 12.4. The third-order valence-corrected chi connectivity index (χ3v) is 2.97. The zero-order valence-corrected chi connectivity index (χ0v) is 11.9. The molecule has 2 amide bonds. The van der Waals surface area contributed by atoms with Gasteiger partial charge in [0.2, 0.25) is 0 Å². The lowest BCUT2D eigenvalue weighted by atomic mass is 10.1. The van der Waals surface area contributed by atoms with Gasteiger partial charge >= 0.3 is 0 Å². The lowest BCUT2D eigenvalue weighted by molar-refractivity contribution is 0.0706. The minimum Gasteiger partial charge on any atom is -0.288 e. The van der Waals surface area contributed by atoms with Crippen LogP contribution in [0.5, 0.6) is 0 Å². The average molecular weight is 297 g/mol. The van der Waals surface area contributed by atoms with Gasteiger partial charge in [0.05, 0.1) is 6.21 Å². The van der Waals surface area contributed by atoms with Crippen LogP contribution in [-0.2, 0) is 0 Å². The van der Waals surface area contributed by atoms with Gasteiger partial charge in [-0.1, -0.05) is 29.8 Å². The molecule has 0 aromatic heterocycles. The fraction of sp³-hybridized carbons (Fsp3) is 0.0625. The van der Waals surface area contributed by atoms with Gasteiger partial charge in [-0.15, -0.1) is 0 Å². The highest BCUT2D eigenvalue weighted by molar-refractivity contribution is 5.97. The molecular formula is C16H15N3O3. The summed E-state index contributed by atoms with van der Waals surface area (Å²) in [6.45, 7) is 1.99. The largest absolute Gasteiger partial charge is 0.288 e. The maximum absolute atomic E-state index is 11.9. The van der Waals surface area contributed by atoms with E-state index in [1.807, 2.05) is 31.2 Å². The highest BCUT2D eigenvalue weighted by Gasteiger charge is 2.07. The van der Waals surface area contributed by atoms with E-state index in [4.69, 9.17) is 5.21 Å². The molecule has 22 heavy (non-hydrogen) atoms. The molecule has 0 saturated carbocycles. The normalized spacial score (nSPS) is 10.5. The second-order valence-corrected chi connectivity index (χ2v) is 4.63. The zero-order valence-electron chi connectivity index (χ0n) is 11.9. The predicted molar refractivity (Wildman–Crippen MR) is 81.9 cm³/mol. The van der Waals surface area contributed by atoms with Gasteiger partial charge in [-0.3, -0.25) is 14.8 Å². The SMILES string of the molecule is Cc1ccc(/C=N/NC(=O)c2ccc(C(=O)NO)cc2)cc1. The Labute approximate surface area is 127 Å². The van der Waals surface area contributed by atoms with Gasteiger partial charge in [-0.25, -0.2) is 10.9 Å². The van der Waals surface area contributed by atoms with E-state index in [0.717, 1.165) is 11.1 Å². The number of hydrogen-bond donors (Lipinski definition) is 3. The van der Waals surface area contributed by atoms with Crippen molar-refractivity contribution in [1.82, 2.24) is 10.9 Å². The first-order chi connectivity index (χ1) is 10.6. The maximum Gasteiger partial charge on any atom is 0.274 e. The summed E-state index contributed by atoms with van der Waals surface area (Å²) in [5.41, 5.74) is 6.56. The van der Waals surface area contributed by atoms with Crippen molar-refractivity contribution >= 4 is 18.0 Å². The molecule has 0 radical (unpaired) electrons. The van der Waals surface area contributed by atoms with Gasteiger partial charge in [0.15, 0.2) is 0 Å². The van der Waals surface area contributed by atoms with Crippen LogP contribution in [0.15, 0.2) is 53.6 Å². The van der Waals surface area contributed by atoms with Gasteiger partial charge in [0.25, 0.3) is 11.8 Å². The standard InChI is InChI=1S/C16H15N3O3/c1-11-2-4-12(5-3-11)10-17-18-15(20)13-6-8-14(9-7-13)16(21)19-22/h2-10,22H,1H3,(H,18,20)(H,19,21)/b17-10+. The van der Waals surface area contributed by atoms with Crippen molar-refractivity contribution < 1.29 is 14.8 Å². The highest BCUT2D eigenvalue weighted by atomic mass is 16.5. The van der Waals surface area contributed by atoms with Crippen LogP contribution in [0.25, 0.3) is 0 Å². The van der Waals surface area contributed by atoms with E-state index in [0.29, 0.717) is 5.56 Å². The molecule has 112 valence electrons. The Balaban J connectivity index is 1.97. The average Bonchev–Trinajstić information content (AvgIpc) is 2.56. The van der Waals surface area contributed by atoms with Crippen molar-refractivity contribution in [3.63, 3.8) is 0 Å². The van der Waals surface area contributed by atoms with Crippen LogP contribution in [-0.4, -0.2) is 23.2 Å². The first kappa shape index (κ1) is 15.4. The number of rotatable bonds is 4. The molecule has 0 aliphatic heterocycles. The first-order valence-electron chi connectivity index (χ1n) is 6.55. The molecular weight excluding hydrogens is 282 g/mol. The Morgan fingerprint density at radius 2 is 1.50 bits per heavy atom. The number of nitrogens with one attached hydrogen (secondary N) is 2. The molecule has 3 N–H and O–H groups in total. The summed E-state index contributed by atoms with van der Waals surface area (Å²) < 4.78 is 0. The number of hydrazone groups is 1. The second-order valence-electron chi connectivity index (χ2n) is 4.63. The number of hydroxylamine groups is 1. The number of carbonyl (C=O) groups excluding carboxylic acids is 2. The minimum atomic E-state index is -0.635. The number of amides is 2. The molecule has 0 heterocycles. The lowest BCUT2D eigenvalue weighted by Crippen LogP contribution is -2.20. The van der Waals surface area contributed by atoms with Gasteiger partial charge in [-0.05, 0) is 36.8 Å². The predicted octanol–water partition coefficient (Wildman–Crippen LogP) is 1.88. The number of carbonyl (C=O) groups is 2. The fourth-order valence-corrected chi connectivity index (χ4v) is 1.72. The first-order valence-corrected chi connectivity index (χ1v) is 6.55. The quantitative estimate of drug-likeness (QED) is 0.457. The summed E-state index contributed by atoms with van der Waals surface area (Å²) in [5.74, 6) is -1.02. The summed E-state index contributed by atoms with van der Waals surface area (Å²) in [7, 11) is 0. The Kier molecular flexibility index (Phi) is 5.00. The van der Waals surface area contributed by atoms with E-state index in [2.05, 4.69) is 10.5 Å². The summed E-state index contributed by atoms with van der Waals surface area (Å²) in [4.78, 5) is 23.0. The van der Waals surface area contributed by atoms with Gasteiger partial charge < -0.3 is 0 Å². The van der Waals surface area contributed by atoms with Crippen molar-refractivity contribution in [1.29, 1.82) is 0 Å². The molecule has 0 atom stereocenters. The van der Waals surface area contributed by atoms with Crippen LogP contribution in [0.1, 0.15) is 31.8 Å². The summed E-state index contributed by atoms with van der Waals surface area (Å²) in [6, 6.07) is 13.5. The van der Waals surface area contributed by atoms with Gasteiger partial charge in [0, 0.05) is 11.1 Å². The van der Waals surface area contributed by atoms with Crippen LogP contribution in [0, 0.1) is 6.92 Å². The zero-order chi connectivity index (χ0) is 15.9. The van der Waals surface area contributed by atoms with Crippen molar-refractivity contribution in [2.24, 2.45) is 5.10 Å². The van der Waals surface area contributed by atoms with Gasteiger partial charge in [-0.2, -0.15) is 5.10 Å². The van der Waals surface area contributed by atoms with Crippen LogP contribution in [0.4, 0.5) is 0 Å².